The van der Waals surface area contributed by atoms with E-state index >= 15 is 0 Å². The lowest BCUT2D eigenvalue weighted by atomic mass is 9.80. The third-order valence-corrected chi connectivity index (χ3v) is 7.03. The molecular weight excluding hydrogens is 500 g/mol. The Kier molecular flexibility index (Phi) is 7.76. The molecule has 9 heteroatoms. The molecule has 1 aromatic heterocycles. The highest BCUT2D eigenvalue weighted by atomic mass is 16.6. The molecule has 1 saturated heterocycles. The topological polar surface area (TPSA) is 112 Å². The molecule has 0 saturated carbocycles. The summed E-state index contributed by atoms with van der Waals surface area (Å²) in [5.41, 5.74) is 0.367. The fourth-order valence-corrected chi connectivity index (χ4v) is 5.13. The van der Waals surface area contributed by atoms with E-state index in [0.717, 1.165) is 21.3 Å². The minimum absolute atomic E-state index is 0.0139. The molecule has 0 aliphatic carbocycles. The van der Waals surface area contributed by atoms with Crippen LogP contribution in [0.5, 0.6) is 5.75 Å². The van der Waals surface area contributed by atoms with Gasteiger partial charge in [-0.2, -0.15) is 0 Å². The molecule has 3 aromatic carbocycles. The monoisotopic (exact) mass is 530 g/mol. The van der Waals surface area contributed by atoms with Crippen molar-refractivity contribution in [2.45, 2.75) is 30.1 Å². The lowest BCUT2D eigenvalue weighted by Crippen LogP contribution is -2.40. The van der Waals surface area contributed by atoms with Gasteiger partial charge in [-0.05, 0) is 28.8 Å². The van der Waals surface area contributed by atoms with Crippen LogP contribution < -0.4 is 16.0 Å². The molecule has 1 aliphatic rings. The van der Waals surface area contributed by atoms with Crippen LogP contribution in [-0.4, -0.2) is 53.8 Å². The first-order valence-electron chi connectivity index (χ1n) is 12.5. The number of aromatic amines is 1. The normalized spacial score (nSPS) is 21.1. The summed E-state index contributed by atoms with van der Waals surface area (Å²) in [6.07, 6.45) is -2.50. The first-order valence-corrected chi connectivity index (χ1v) is 12.5. The van der Waals surface area contributed by atoms with Crippen molar-refractivity contribution in [3.63, 3.8) is 0 Å². The van der Waals surface area contributed by atoms with Gasteiger partial charge in [-0.15, -0.1) is 0 Å². The molecule has 0 radical (unpaired) electrons. The summed E-state index contributed by atoms with van der Waals surface area (Å²) < 4.78 is 25.1. The SMILES string of the molecule is COc1ccc(C(OC[C@H]2O[C@@H](n3ccc(=O)[nH]c3=O)[C@H](O)[C@@H]2OC)(c2ccccc2)c2ccccc2)cc1. The Morgan fingerprint density at radius 2 is 1.46 bits per heavy atom. The van der Waals surface area contributed by atoms with Gasteiger partial charge in [0.15, 0.2) is 6.23 Å². The first-order chi connectivity index (χ1) is 19.0. The summed E-state index contributed by atoms with van der Waals surface area (Å²) in [5, 5.41) is 11.0. The summed E-state index contributed by atoms with van der Waals surface area (Å²) in [7, 11) is 3.08. The fraction of sp³-hybridized carbons (Fsp3) is 0.267. The fourth-order valence-electron chi connectivity index (χ4n) is 5.13. The lowest BCUT2D eigenvalue weighted by Gasteiger charge is -2.37. The number of hydrogen-bond donors (Lipinski definition) is 2. The number of aliphatic hydroxyl groups is 1. The Morgan fingerprint density at radius 3 is 2.00 bits per heavy atom. The van der Waals surface area contributed by atoms with Crippen molar-refractivity contribution in [1.82, 2.24) is 9.55 Å². The van der Waals surface area contributed by atoms with E-state index in [-0.39, 0.29) is 6.61 Å². The van der Waals surface area contributed by atoms with Crippen molar-refractivity contribution in [2.75, 3.05) is 20.8 Å². The third-order valence-electron chi connectivity index (χ3n) is 7.03. The van der Waals surface area contributed by atoms with Crippen molar-refractivity contribution in [2.24, 2.45) is 0 Å². The van der Waals surface area contributed by atoms with Gasteiger partial charge in [0.05, 0.1) is 13.7 Å². The molecular formula is C30H30N2O7. The van der Waals surface area contributed by atoms with E-state index in [1.165, 1.54) is 19.4 Å². The molecule has 0 unspecified atom stereocenters. The van der Waals surface area contributed by atoms with Crippen molar-refractivity contribution < 1.29 is 24.1 Å². The lowest BCUT2D eigenvalue weighted by molar-refractivity contribution is -0.0994. The van der Waals surface area contributed by atoms with E-state index in [0.29, 0.717) is 5.75 Å². The molecule has 1 fully saturated rings. The summed E-state index contributed by atoms with van der Waals surface area (Å²) in [6.45, 7) is 0.0139. The number of nitrogens with zero attached hydrogens (tertiary/aromatic N) is 1. The minimum Gasteiger partial charge on any atom is -0.497 e. The van der Waals surface area contributed by atoms with E-state index in [9.17, 15) is 14.7 Å². The number of ether oxygens (including phenoxy) is 4. The van der Waals surface area contributed by atoms with Gasteiger partial charge in [0.25, 0.3) is 5.56 Å². The first kappa shape index (κ1) is 26.6. The summed E-state index contributed by atoms with van der Waals surface area (Å²) >= 11 is 0. The molecule has 0 bridgehead atoms. The number of rotatable bonds is 9. The van der Waals surface area contributed by atoms with Crippen LogP contribution in [0, 0.1) is 0 Å². The van der Waals surface area contributed by atoms with E-state index in [2.05, 4.69) is 4.98 Å². The second-order valence-electron chi connectivity index (χ2n) is 9.23. The van der Waals surface area contributed by atoms with Gasteiger partial charge in [0.2, 0.25) is 0 Å². The highest BCUT2D eigenvalue weighted by Crippen LogP contribution is 2.42. The van der Waals surface area contributed by atoms with Crippen LogP contribution in [-0.2, 0) is 19.8 Å². The van der Waals surface area contributed by atoms with Crippen LogP contribution in [0.1, 0.15) is 22.9 Å². The number of hydrogen-bond acceptors (Lipinski definition) is 7. The van der Waals surface area contributed by atoms with Gasteiger partial charge in [-0.3, -0.25) is 14.3 Å². The van der Waals surface area contributed by atoms with Crippen LogP contribution in [0.4, 0.5) is 0 Å². The van der Waals surface area contributed by atoms with Gasteiger partial charge in [0, 0.05) is 19.4 Å². The molecule has 0 amide bonds. The van der Waals surface area contributed by atoms with Crippen molar-refractivity contribution >= 4 is 0 Å². The van der Waals surface area contributed by atoms with E-state index in [1.54, 1.807) is 7.11 Å². The number of H-pyrrole nitrogens is 1. The number of methoxy groups -OCH3 is 2. The summed E-state index contributed by atoms with van der Waals surface area (Å²) in [4.78, 5) is 26.2. The molecule has 5 rings (SSSR count). The third kappa shape index (κ3) is 5.05. The van der Waals surface area contributed by atoms with Crippen LogP contribution in [0.2, 0.25) is 0 Å². The average molecular weight is 531 g/mol. The van der Waals surface area contributed by atoms with E-state index in [1.807, 2.05) is 84.9 Å². The van der Waals surface area contributed by atoms with Gasteiger partial charge < -0.3 is 24.1 Å². The van der Waals surface area contributed by atoms with E-state index in [4.69, 9.17) is 18.9 Å². The molecule has 202 valence electrons. The molecule has 39 heavy (non-hydrogen) atoms. The molecule has 4 atom stereocenters. The van der Waals surface area contributed by atoms with Gasteiger partial charge in [-0.1, -0.05) is 72.8 Å². The molecule has 2 N–H and O–H groups in total. The Hall–Kier alpha value is -4.02. The maximum absolute atomic E-state index is 12.4. The maximum Gasteiger partial charge on any atom is 0.330 e. The molecule has 4 aromatic rings. The molecule has 0 spiro atoms. The Bertz CT molecular complexity index is 1450. The molecule has 2 heterocycles. The van der Waals surface area contributed by atoms with Gasteiger partial charge in [-0.25, -0.2) is 4.79 Å². The Morgan fingerprint density at radius 1 is 0.872 bits per heavy atom. The zero-order valence-corrected chi connectivity index (χ0v) is 21.6. The van der Waals surface area contributed by atoms with E-state index < -0.39 is 41.4 Å². The molecule has 1 aliphatic heterocycles. The summed E-state index contributed by atoms with van der Waals surface area (Å²) in [6, 6.07) is 28.6. The Labute approximate surface area is 225 Å². The zero-order chi connectivity index (χ0) is 27.4. The largest absolute Gasteiger partial charge is 0.497 e. The van der Waals surface area contributed by atoms with Crippen molar-refractivity contribution in [3.8, 4) is 5.75 Å². The number of aromatic nitrogens is 2. The predicted molar refractivity (Wildman–Crippen MR) is 144 cm³/mol. The zero-order valence-electron chi connectivity index (χ0n) is 21.6. The number of nitrogens with one attached hydrogen (secondary N) is 1. The maximum atomic E-state index is 12.4. The number of aliphatic hydroxyl groups excluding tert-OH is 1. The Balaban J connectivity index is 1.56. The predicted octanol–water partition coefficient (Wildman–Crippen LogP) is 2.83. The number of benzene rings is 3. The quantitative estimate of drug-likeness (QED) is 0.320. The van der Waals surface area contributed by atoms with Crippen LogP contribution in [0.25, 0.3) is 0 Å². The van der Waals surface area contributed by atoms with Crippen LogP contribution in [0.15, 0.2) is 107 Å². The van der Waals surface area contributed by atoms with Gasteiger partial charge >= 0.3 is 5.69 Å². The van der Waals surface area contributed by atoms with Crippen LogP contribution >= 0.6 is 0 Å². The average Bonchev–Trinajstić information content (AvgIpc) is 3.29. The molecule has 9 nitrogen and oxygen atoms in total. The minimum atomic E-state index is -1.18. The van der Waals surface area contributed by atoms with Crippen LogP contribution in [0.3, 0.4) is 0 Å². The standard InChI is InChI=1S/C30H30N2O7/c1-36-23-15-13-22(14-16-23)30(20-9-5-3-6-10-20,21-11-7-4-8-12-21)38-19-24-27(37-2)26(34)28(39-24)32-18-17-25(33)31-29(32)35/h3-18,24,26-28,34H,19H2,1-2H3,(H,31,33,35)/t24-,26-,27-,28-/m1/s1. The van der Waals surface area contributed by atoms with Crippen molar-refractivity contribution in [3.05, 3.63) is 135 Å². The highest BCUT2D eigenvalue weighted by Gasteiger charge is 2.47. The summed E-state index contributed by atoms with van der Waals surface area (Å²) in [5.74, 6) is 0.713. The van der Waals surface area contributed by atoms with Crippen molar-refractivity contribution in [1.29, 1.82) is 0 Å². The smallest absolute Gasteiger partial charge is 0.330 e. The van der Waals surface area contributed by atoms with Gasteiger partial charge in [0.1, 0.15) is 29.7 Å². The second-order valence-corrected chi connectivity index (χ2v) is 9.23. The second kappa shape index (κ2) is 11.4. The highest BCUT2D eigenvalue weighted by molar-refractivity contribution is 5.48.